The van der Waals surface area contributed by atoms with E-state index in [1.165, 1.54) is 0 Å². The van der Waals surface area contributed by atoms with Gasteiger partial charge in [-0.3, -0.25) is 0 Å². The molecule has 1 aliphatic heterocycles. The van der Waals surface area contributed by atoms with Gasteiger partial charge in [-0.2, -0.15) is 0 Å². The van der Waals surface area contributed by atoms with Crippen LogP contribution in [-0.4, -0.2) is 20.2 Å². The minimum absolute atomic E-state index is 0.0183. The number of nitrogens with two attached hydrogens (primary N) is 1. The van der Waals surface area contributed by atoms with Crippen molar-refractivity contribution in [1.29, 1.82) is 0 Å². The number of aryl methyl sites for hydroxylation is 1. The van der Waals surface area contributed by atoms with E-state index in [4.69, 9.17) is 5.73 Å². The van der Waals surface area contributed by atoms with Crippen molar-refractivity contribution in [2.24, 2.45) is 5.73 Å². The number of fused-ring (bicyclic) bond motifs is 1. The van der Waals surface area contributed by atoms with E-state index in [0.717, 1.165) is 24.0 Å². The van der Waals surface area contributed by atoms with E-state index >= 15 is 0 Å². The van der Waals surface area contributed by atoms with Crippen molar-refractivity contribution in [3.8, 4) is 0 Å². The maximum absolute atomic E-state index is 12.1. The van der Waals surface area contributed by atoms with Crippen molar-refractivity contribution < 1.29 is 8.42 Å². The molecule has 0 aromatic heterocycles. The summed E-state index contributed by atoms with van der Waals surface area (Å²) < 4.78 is 24.3. The van der Waals surface area contributed by atoms with Crippen molar-refractivity contribution in [3.63, 3.8) is 0 Å². The first-order valence-electron chi connectivity index (χ1n) is 6.08. The summed E-state index contributed by atoms with van der Waals surface area (Å²) in [5.41, 5.74) is 7.93. The minimum Gasteiger partial charge on any atom is -0.327 e. The van der Waals surface area contributed by atoms with Crippen LogP contribution in [-0.2, 0) is 21.7 Å². The van der Waals surface area contributed by atoms with E-state index in [1.807, 2.05) is 25.1 Å². The van der Waals surface area contributed by atoms with E-state index in [0.29, 0.717) is 11.3 Å². The third-order valence-electron chi connectivity index (χ3n) is 4.24. The molecule has 1 atom stereocenters. The number of rotatable bonds is 2. The Bertz CT molecular complexity index is 571. The second-order valence-corrected chi connectivity index (χ2v) is 7.35. The molecule has 1 aromatic rings. The molecule has 17 heavy (non-hydrogen) atoms. The number of sulfone groups is 1. The lowest BCUT2D eigenvalue weighted by molar-refractivity contribution is 0.542. The Kier molecular flexibility index (Phi) is 2.20. The van der Waals surface area contributed by atoms with E-state index < -0.39 is 9.84 Å². The lowest BCUT2D eigenvalue weighted by Crippen LogP contribution is -2.32. The molecule has 0 saturated heterocycles. The fourth-order valence-electron chi connectivity index (χ4n) is 2.99. The van der Waals surface area contributed by atoms with Gasteiger partial charge < -0.3 is 5.73 Å². The van der Waals surface area contributed by atoms with E-state index in [1.54, 1.807) is 0 Å². The van der Waals surface area contributed by atoms with Gasteiger partial charge in [-0.05, 0) is 37.3 Å². The molecular weight excluding hydrogens is 234 g/mol. The maximum atomic E-state index is 12.1. The summed E-state index contributed by atoms with van der Waals surface area (Å²) in [4.78, 5) is 0.592. The minimum atomic E-state index is -3.07. The highest BCUT2D eigenvalue weighted by molar-refractivity contribution is 7.91. The lowest BCUT2D eigenvalue weighted by atomic mass is 9.88. The summed E-state index contributed by atoms with van der Waals surface area (Å²) in [6.45, 7) is 1.98. The van der Waals surface area contributed by atoms with Gasteiger partial charge in [0.1, 0.15) is 0 Å². The Labute approximate surface area is 102 Å². The van der Waals surface area contributed by atoms with E-state index in [2.05, 4.69) is 0 Å². The van der Waals surface area contributed by atoms with Crippen LogP contribution in [0.5, 0.6) is 0 Å². The van der Waals surface area contributed by atoms with Gasteiger partial charge in [-0.15, -0.1) is 0 Å². The van der Waals surface area contributed by atoms with Crippen molar-refractivity contribution >= 4 is 9.84 Å². The molecule has 1 unspecified atom stereocenters. The zero-order chi connectivity index (χ0) is 12.3. The van der Waals surface area contributed by atoms with Crippen LogP contribution in [0.4, 0.5) is 0 Å². The standard InChI is InChI=1S/C13H17NO2S/c1-9(14)13(6-7-13)11-4-2-3-10-5-8-17(15,16)12(10)11/h2-4,9H,5-8,14H2,1H3. The van der Waals surface area contributed by atoms with Crippen molar-refractivity contribution in [1.82, 2.24) is 0 Å². The third-order valence-corrected chi connectivity index (χ3v) is 6.09. The summed E-state index contributed by atoms with van der Waals surface area (Å²) in [6.07, 6.45) is 2.67. The molecule has 1 saturated carbocycles. The first-order valence-corrected chi connectivity index (χ1v) is 7.73. The van der Waals surface area contributed by atoms with Crippen LogP contribution in [0.25, 0.3) is 0 Å². The molecule has 4 heteroatoms. The lowest BCUT2D eigenvalue weighted by Gasteiger charge is -2.22. The number of hydrogen-bond donors (Lipinski definition) is 1. The maximum Gasteiger partial charge on any atom is 0.179 e. The van der Waals surface area contributed by atoms with Gasteiger partial charge in [0.25, 0.3) is 0 Å². The predicted octanol–water partition coefficient (Wildman–Crippen LogP) is 1.40. The Morgan fingerprint density at radius 3 is 2.65 bits per heavy atom. The SMILES string of the molecule is CC(N)C1(c2cccc3c2S(=O)(=O)CC3)CC1. The van der Waals surface area contributed by atoms with Gasteiger partial charge in [0.15, 0.2) is 9.84 Å². The summed E-state index contributed by atoms with van der Waals surface area (Å²) in [6, 6.07) is 5.88. The van der Waals surface area contributed by atoms with Gasteiger partial charge in [-0.1, -0.05) is 18.2 Å². The Morgan fingerprint density at radius 1 is 1.35 bits per heavy atom. The molecule has 3 rings (SSSR count). The second-order valence-electron chi connectivity index (χ2n) is 5.31. The highest BCUT2D eigenvalue weighted by Gasteiger charge is 2.50. The van der Waals surface area contributed by atoms with E-state index in [9.17, 15) is 8.42 Å². The van der Waals surface area contributed by atoms with Crippen LogP contribution in [0.2, 0.25) is 0 Å². The number of hydrogen-bond acceptors (Lipinski definition) is 3. The molecule has 1 aliphatic carbocycles. The fourth-order valence-corrected chi connectivity index (χ4v) is 4.86. The zero-order valence-electron chi connectivity index (χ0n) is 9.94. The largest absolute Gasteiger partial charge is 0.327 e. The third kappa shape index (κ3) is 1.47. The molecule has 92 valence electrons. The Balaban J connectivity index is 2.24. The average Bonchev–Trinajstić information content (AvgIpc) is 3.02. The predicted molar refractivity (Wildman–Crippen MR) is 66.8 cm³/mol. The smallest absolute Gasteiger partial charge is 0.179 e. The number of benzene rings is 1. The monoisotopic (exact) mass is 251 g/mol. The molecule has 2 N–H and O–H groups in total. The molecule has 0 radical (unpaired) electrons. The molecule has 0 spiro atoms. The Morgan fingerprint density at radius 2 is 2.06 bits per heavy atom. The van der Waals surface area contributed by atoms with Crippen molar-refractivity contribution in [2.75, 3.05) is 5.75 Å². The molecule has 0 bridgehead atoms. The van der Waals surface area contributed by atoms with Gasteiger partial charge in [0.05, 0.1) is 10.6 Å². The van der Waals surface area contributed by atoms with Crippen LogP contribution < -0.4 is 5.73 Å². The molecular formula is C13H17NO2S. The first kappa shape index (κ1) is 11.2. The van der Waals surface area contributed by atoms with Gasteiger partial charge in [-0.25, -0.2) is 8.42 Å². The highest BCUT2D eigenvalue weighted by atomic mass is 32.2. The molecule has 0 amide bonds. The van der Waals surface area contributed by atoms with Crippen LogP contribution in [0, 0.1) is 0 Å². The van der Waals surface area contributed by atoms with E-state index in [-0.39, 0.29) is 17.2 Å². The summed E-state index contributed by atoms with van der Waals surface area (Å²) in [5, 5.41) is 0. The van der Waals surface area contributed by atoms with Crippen LogP contribution in [0.15, 0.2) is 23.1 Å². The first-order chi connectivity index (χ1) is 7.97. The zero-order valence-corrected chi connectivity index (χ0v) is 10.8. The fraction of sp³-hybridized carbons (Fsp3) is 0.538. The van der Waals surface area contributed by atoms with Crippen LogP contribution in [0.1, 0.15) is 30.9 Å². The molecule has 3 nitrogen and oxygen atoms in total. The molecule has 1 fully saturated rings. The van der Waals surface area contributed by atoms with Gasteiger partial charge >= 0.3 is 0 Å². The normalized spacial score (nSPS) is 25.3. The molecule has 1 aromatic carbocycles. The molecule has 2 aliphatic rings. The van der Waals surface area contributed by atoms with Crippen molar-refractivity contribution in [2.45, 2.75) is 42.5 Å². The van der Waals surface area contributed by atoms with Crippen LogP contribution >= 0.6 is 0 Å². The second kappa shape index (κ2) is 3.33. The summed E-state index contributed by atoms with van der Waals surface area (Å²) >= 11 is 0. The van der Waals surface area contributed by atoms with Crippen LogP contribution in [0.3, 0.4) is 0 Å². The summed E-state index contributed by atoms with van der Waals surface area (Å²) in [5.74, 6) is 0.258. The van der Waals surface area contributed by atoms with Crippen molar-refractivity contribution in [3.05, 3.63) is 29.3 Å². The molecule has 1 heterocycles. The summed E-state index contributed by atoms with van der Waals surface area (Å²) in [7, 11) is -3.07. The van der Waals surface area contributed by atoms with Gasteiger partial charge in [0.2, 0.25) is 0 Å². The quantitative estimate of drug-likeness (QED) is 0.864. The van der Waals surface area contributed by atoms with Gasteiger partial charge in [0, 0.05) is 11.5 Å². The Hall–Kier alpha value is -0.870. The topological polar surface area (TPSA) is 60.2 Å². The average molecular weight is 251 g/mol. The highest BCUT2D eigenvalue weighted by Crippen LogP contribution is 2.53.